The summed E-state index contributed by atoms with van der Waals surface area (Å²) in [5, 5.41) is 3.46. The SMILES string of the molecule is CCc1cccnc1C(CC1Cc2ccccc21)NC. The van der Waals surface area contributed by atoms with Crippen molar-refractivity contribution in [3.63, 3.8) is 0 Å². The van der Waals surface area contributed by atoms with Gasteiger partial charge >= 0.3 is 0 Å². The maximum atomic E-state index is 4.63. The van der Waals surface area contributed by atoms with Crippen LogP contribution in [0, 0.1) is 0 Å². The summed E-state index contributed by atoms with van der Waals surface area (Å²) in [4.78, 5) is 4.63. The number of aromatic nitrogens is 1. The van der Waals surface area contributed by atoms with Crippen molar-refractivity contribution in [3.8, 4) is 0 Å². The highest BCUT2D eigenvalue weighted by molar-refractivity contribution is 5.40. The number of hydrogen-bond donors (Lipinski definition) is 1. The highest BCUT2D eigenvalue weighted by Crippen LogP contribution is 2.40. The molecule has 3 rings (SSSR count). The monoisotopic (exact) mass is 266 g/mol. The zero-order valence-electron chi connectivity index (χ0n) is 12.3. The summed E-state index contributed by atoms with van der Waals surface area (Å²) in [6.07, 6.45) is 5.30. The van der Waals surface area contributed by atoms with Crippen LogP contribution in [0.2, 0.25) is 0 Å². The van der Waals surface area contributed by atoms with Crippen LogP contribution in [-0.4, -0.2) is 12.0 Å². The topological polar surface area (TPSA) is 24.9 Å². The van der Waals surface area contributed by atoms with Crippen LogP contribution in [0.15, 0.2) is 42.6 Å². The summed E-state index contributed by atoms with van der Waals surface area (Å²) < 4.78 is 0. The van der Waals surface area contributed by atoms with Gasteiger partial charge in [-0.2, -0.15) is 0 Å². The van der Waals surface area contributed by atoms with Crippen molar-refractivity contribution in [2.45, 2.75) is 38.1 Å². The Kier molecular flexibility index (Phi) is 3.83. The molecule has 2 aromatic rings. The van der Waals surface area contributed by atoms with Gasteiger partial charge in [-0.25, -0.2) is 0 Å². The van der Waals surface area contributed by atoms with Gasteiger partial charge in [0.15, 0.2) is 0 Å². The summed E-state index contributed by atoms with van der Waals surface area (Å²) >= 11 is 0. The van der Waals surface area contributed by atoms with Gasteiger partial charge in [-0.15, -0.1) is 0 Å². The zero-order chi connectivity index (χ0) is 13.9. The molecular weight excluding hydrogens is 244 g/mol. The fourth-order valence-electron chi connectivity index (χ4n) is 3.29. The maximum Gasteiger partial charge on any atom is 0.0605 e. The molecule has 0 saturated heterocycles. The van der Waals surface area contributed by atoms with Gasteiger partial charge in [-0.05, 0) is 55.0 Å². The fourth-order valence-corrected chi connectivity index (χ4v) is 3.29. The van der Waals surface area contributed by atoms with Crippen LogP contribution in [0.5, 0.6) is 0 Å². The standard InChI is InChI=1S/C18H22N2/c1-3-13-8-6-10-20-18(13)17(19-2)12-15-11-14-7-4-5-9-16(14)15/h4-10,15,17,19H,3,11-12H2,1-2H3. The van der Waals surface area contributed by atoms with Crippen molar-refractivity contribution >= 4 is 0 Å². The molecule has 0 amide bonds. The Bertz CT molecular complexity index is 591. The normalized spacial score (nSPS) is 18.2. The van der Waals surface area contributed by atoms with Crippen LogP contribution in [-0.2, 0) is 12.8 Å². The van der Waals surface area contributed by atoms with Crippen molar-refractivity contribution in [1.29, 1.82) is 0 Å². The fraction of sp³-hybridized carbons (Fsp3) is 0.389. The summed E-state index contributed by atoms with van der Waals surface area (Å²) in [7, 11) is 2.04. The van der Waals surface area contributed by atoms with Gasteiger partial charge in [0.05, 0.1) is 11.7 Å². The molecule has 1 aromatic heterocycles. The number of nitrogens with zero attached hydrogens (tertiary/aromatic N) is 1. The maximum absolute atomic E-state index is 4.63. The zero-order valence-corrected chi connectivity index (χ0v) is 12.3. The first-order chi connectivity index (χ1) is 9.83. The van der Waals surface area contributed by atoms with E-state index in [4.69, 9.17) is 0 Å². The van der Waals surface area contributed by atoms with Crippen molar-refractivity contribution in [2.24, 2.45) is 0 Å². The minimum Gasteiger partial charge on any atom is -0.312 e. The predicted molar refractivity (Wildman–Crippen MR) is 82.9 cm³/mol. The smallest absolute Gasteiger partial charge is 0.0605 e. The summed E-state index contributed by atoms with van der Waals surface area (Å²) in [5.41, 5.74) is 5.63. The highest BCUT2D eigenvalue weighted by Gasteiger charge is 2.29. The molecule has 0 saturated carbocycles. The molecule has 1 aromatic carbocycles. The van der Waals surface area contributed by atoms with Crippen LogP contribution < -0.4 is 5.32 Å². The van der Waals surface area contributed by atoms with Crippen LogP contribution in [0.4, 0.5) is 0 Å². The minimum atomic E-state index is 0.351. The number of hydrogen-bond acceptors (Lipinski definition) is 2. The molecule has 0 fully saturated rings. The second-order valence-corrected chi connectivity index (χ2v) is 5.58. The number of pyridine rings is 1. The van der Waals surface area contributed by atoms with Crippen LogP contribution in [0.1, 0.15) is 47.7 Å². The van der Waals surface area contributed by atoms with Gasteiger partial charge in [-0.1, -0.05) is 37.3 Å². The molecule has 2 unspecified atom stereocenters. The average Bonchev–Trinajstić information content (AvgIpc) is 2.49. The molecule has 2 heteroatoms. The Morgan fingerprint density at radius 1 is 1.25 bits per heavy atom. The van der Waals surface area contributed by atoms with Crippen molar-refractivity contribution in [3.05, 3.63) is 65.0 Å². The van der Waals surface area contributed by atoms with Gasteiger partial charge < -0.3 is 5.32 Å². The molecular formula is C18H22N2. The van der Waals surface area contributed by atoms with Crippen LogP contribution in [0.25, 0.3) is 0 Å². The number of benzene rings is 1. The molecule has 2 atom stereocenters. The lowest BCUT2D eigenvalue weighted by molar-refractivity contribution is 0.443. The first-order valence-corrected chi connectivity index (χ1v) is 7.52. The van der Waals surface area contributed by atoms with Crippen LogP contribution >= 0.6 is 0 Å². The van der Waals surface area contributed by atoms with E-state index in [1.54, 1.807) is 0 Å². The third-order valence-corrected chi connectivity index (χ3v) is 4.47. The molecule has 0 radical (unpaired) electrons. The lowest BCUT2D eigenvalue weighted by atomic mass is 9.74. The quantitative estimate of drug-likeness (QED) is 0.894. The van der Waals surface area contributed by atoms with E-state index in [-0.39, 0.29) is 0 Å². The van der Waals surface area contributed by atoms with E-state index in [9.17, 15) is 0 Å². The molecule has 0 bridgehead atoms. The van der Waals surface area contributed by atoms with E-state index in [2.05, 4.69) is 47.6 Å². The Balaban J connectivity index is 1.79. The van der Waals surface area contributed by atoms with Crippen molar-refractivity contribution in [1.82, 2.24) is 10.3 Å². The largest absolute Gasteiger partial charge is 0.312 e. The van der Waals surface area contributed by atoms with E-state index >= 15 is 0 Å². The molecule has 0 spiro atoms. The Hall–Kier alpha value is -1.67. The molecule has 104 valence electrons. The molecule has 1 heterocycles. The van der Waals surface area contributed by atoms with E-state index < -0.39 is 0 Å². The average molecular weight is 266 g/mol. The lowest BCUT2D eigenvalue weighted by Gasteiger charge is -2.33. The van der Waals surface area contributed by atoms with Crippen molar-refractivity contribution in [2.75, 3.05) is 7.05 Å². The third kappa shape index (κ3) is 2.36. The highest BCUT2D eigenvalue weighted by atomic mass is 14.9. The van der Waals surface area contributed by atoms with Gasteiger partial charge in [0.25, 0.3) is 0 Å². The third-order valence-electron chi connectivity index (χ3n) is 4.47. The summed E-state index contributed by atoms with van der Waals surface area (Å²) in [6.45, 7) is 2.20. The number of nitrogens with one attached hydrogen (secondary N) is 1. The predicted octanol–water partition coefficient (Wildman–Crippen LogP) is 3.63. The van der Waals surface area contributed by atoms with Crippen molar-refractivity contribution < 1.29 is 0 Å². The first-order valence-electron chi connectivity index (χ1n) is 7.52. The number of aryl methyl sites for hydroxylation is 1. The van der Waals surface area contributed by atoms with Gasteiger partial charge in [0, 0.05) is 6.20 Å². The van der Waals surface area contributed by atoms with E-state index in [1.807, 2.05) is 19.3 Å². The number of fused-ring (bicyclic) bond motifs is 1. The first kappa shape index (κ1) is 13.3. The minimum absolute atomic E-state index is 0.351. The van der Waals surface area contributed by atoms with Gasteiger partial charge in [-0.3, -0.25) is 4.98 Å². The molecule has 2 nitrogen and oxygen atoms in total. The second kappa shape index (κ2) is 5.76. The Morgan fingerprint density at radius 3 is 2.85 bits per heavy atom. The van der Waals surface area contributed by atoms with Crippen LogP contribution in [0.3, 0.4) is 0 Å². The molecule has 1 aliphatic carbocycles. The molecule has 1 N–H and O–H groups in total. The second-order valence-electron chi connectivity index (χ2n) is 5.58. The number of rotatable bonds is 5. The Morgan fingerprint density at radius 2 is 2.10 bits per heavy atom. The molecule has 20 heavy (non-hydrogen) atoms. The Labute approximate surface area is 121 Å². The van der Waals surface area contributed by atoms with E-state index in [0.29, 0.717) is 12.0 Å². The summed E-state index contributed by atoms with van der Waals surface area (Å²) in [6, 6.07) is 13.4. The van der Waals surface area contributed by atoms with E-state index in [1.165, 1.54) is 28.8 Å². The van der Waals surface area contributed by atoms with E-state index in [0.717, 1.165) is 12.8 Å². The summed E-state index contributed by atoms with van der Waals surface area (Å²) in [5.74, 6) is 0.676. The van der Waals surface area contributed by atoms with Gasteiger partial charge in [0.1, 0.15) is 0 Å². The lowest BCUT2D eigenvalue weighted by Crippen LogP contribution is -2.26. The molecule has 0 aliphatic heterocycles. The van der Waals surface area contributed by atoms with Gasteiger partial charge in [0.2, 0.25) is 0 Å². The molecule has 1 aliphatic rings.